The lowest BCUT2D eigenvalue weighted by Gasteiger charge is -2.32. The molecule has 4 aromatic rings. The molecule has 3 heterocycles. The molecule has 0 amide bonds. The fourth-order valence-electron chi connectivity index (χ4n) is 4.33. The van der Waals surface area contributed by atoms with Crippen LogP contribution in [0, 0.1) is 6.92 Å². The van der Waals surface area contributed by atoms with Crippen molar-refractivity contribution in [3.63, 3.8) is 0 Å². The van der Waals surface area contributed by atoms with Gasteiger partial charge in [-0.25, -0.2) is 23.1 Å². The minimum absolute atomic E-state index is 0.245. The van der Waals surface area contributed by atoms with Crippen LogP contribution in [0.5, 0.6) is 11.6 Å². The zero-order valence-corrected chi connectivity index (χ0v) is 20.1. The maximum Gasteiger partial charge on any atom is 0.233 e. The van der Waals surface area contributed by atoms with Gasteiger partial charge in [-0.1, -0.05) is 29.8 Å². The molecular weight excluding hydrogens is 450 g/mol. The van der Waals surface area contributed by atoms with Crippen molar-refractivity contribution in [3.8, 4) is 11.6 Å². The van der Waals surface area contributed by atoms with E-state index in [-0.39, 0.29) is 10.9 Å². The second kappa shape index (κ2) is 9.15. The Bertz CT molecular complexity index is 1390. The number of benzene rings is 2. The molecule has 34 heavy (non-hydrogen) atoms. The smallest absolute Gasteiger partial charge is 0.233 e. The monoisotopic (exact) mass is 477 g/mol. The summed E-state index contributed by atoms with van der Waals surface area (Å²) in [6.45, 7) is 5.07. The SMILES string of the molecule is Cc1ccc(CN2CCC(n3ncc4c(Oc5ccc(S(C)(=O)=O)cc5)ncnc43)CC2)cc1. The second-order valence-electron chi connectivity index (χ2n) is 8.84. The highest BCUT2D eigenvalue weighted by molar-refractivity contribution is 7.90. The van der Waals surface area contributed by atoms with E-state index >= 15 is 0 Å². The van der Waals surface area contributed by atoms with Crippen LogP contribution < -0.4 is 4.74 Å². The first-order valence-corrected chi connectivity index (χ1v) is 13.2. The van der Waals surface area contributed by atoms with Crippen molar-refractivity contribution in [1.82, 2.24) is 24.6 Å². The van der Waals surface area contributed by atoms with E-state index in [1.54, 1.807) is 18.3 Å². The van der Waals surface area contributed by atoms with Crippen molar-refractivity contribution >= 4 is 20.9 Å². The molecule has 1 saturated heterocycles. The fourth-order valence-corrected chi connectivity index (χ4v) is 4.96. The van der Waals surface area contributed by atoms with Gasteiger partial charge in [0.15, 0.2) is 15.5 Å². The number of hydrogen-bond acceptors (Lipinski definition) is 7. The maximum absolute atomic E-state index is 11.7. The molecular formula is C25H27N5O3S. The van der Waals surface area contributed by atoms with E-state index in [4.69, 9.17) is 4.74 Å². The molecule has 1 fully saturated rings. The molecule has 0 unspecified atom stereocenters. The van der Waals surface area contributed by atoms with Crippen molar-refractivity contribution in [2.75, 3.05) is 19.3 Å². The summed E-state index contributed by atoms with van der Waals surface area (Å²) in [6.07, 6.45) is 6.39. The van der Waals surface area contributed by atoms with Crippen LogP contribution in [0.25, 0.3) is 11.0 Å². The molecule has 0 aliphatic carbocycles. The lowest BCUT2D eigenvalue weighted by atomic mass is 10.0. The maximum atomic E-state index is 11.7. The summed E-state index contributed by atoms with van der Waals surface area (Å²) in [5.41, 5.74) is 3.37. The van der Waals surface area contributed by atoms with Crippen molar-refractivity contribution in [3.05, 3.63) is 72.2 Å². The van der Waals surface area contributed by atoms with E-state index in [0.717, 1.165) is 43.5 Å². The lowest BCUT2D eigenvalue weighted by molar-refractivity contribution is 0.175. The summed E-state index contributed by atoms with van der Waals surface area (Å²) in [4.78, 5) is 11.5. The predicted molar refractivity (Wildman–Crippen MR) is 130 cm³/mol. The Morgan fingerprint density at radius 2 is 1.71 bits per heavy atom. The average molecular weight is 478 g/mol. The van der Waals surface area contributed by atoms with Crippen LogP contribution in [0.3, 0.4) is 0 Å². The van der Waals surface area contributed by atoms with E-state index in [0.29, 0.717) is 11.6 Å². The summed E-state index contributed by atoms with van der Waals surface area (Å²) >= 11 is 0. The van der Waals surface area contributed by atoms with Gasteiger partial charge in [-0.2, -0.15) is 5.10 Å². The number of sulfone groups is 1. The zero-order valence-electron chi connectivity index (χ0n) is 19.3. The largest absolute Gasteiger partial charge is 0.438 e. The Hall–Kier alpha value is -3.30. The summed E-state index contributed by atoms with van der Waals surface area (Å²) < 4.78 is 31.3. The van der Waals surface area contributed by atoms with Gasteiger partial charge in [0.05, 0.1) is 17.1 Å². The van der Waals surface area contributed by atoms with E-state index < -0.39 is 9.84 Å². The number of rotatable bonds is 6. The van der Waals surface area contributed by atoms with Gasteiger partial charge in [0, 0.05) is 25.9 Å². The molecule has 9 heteroatoms. The minimum atomic E-state index is -3.26. The lowest BCUT2D eigenvalue weighted by Crippen LogP contribution is -2.34. The molecule has 0 atom stereocenters. The highest BCUT2D eigenvalue weighted by Gasteiger charge is 2.24. The Morgan fingerprint density at radius 1 is 1.00 bits per heavy atom. The van der Waals surface area contributed by atoms with Gasteiger partial charge in [-0.3, -0.25) is 4.90 Å². The molecule has 0 spiro atoms. The summed E-state index contributed by atoms with van der Waals surface area (Å²) in [5, 5.41) is 5.36. The standard InChI is InChI=1S/C25H27N5O3S/c1-18-3-5-19(6-4-18)16-29-13-11-20(12-14-29)30-24-23(15-28-30)25(27-17-26-24)33-21-7-9-22(10-8-21)34(2,31)32/h3-10,15,17,20H,11-14,16H2,1-2H3. The van der Waals surface area contributed by atoms with Gasteiger partial charge in [-0.05, 0) is 49.6 Å². The third-order valence-corrected chi connectivity index (χ3v) is 7.38. The van der Waals surface area contributed by atoms with E-state index in [9.17, 15) is 8.42 Å². The first-order valence-electron chi connectivity index (χ1n) is 11.3. The molecule has 2 aromatic carbocycles. The number of nitrogens with zero attached hydrogens (tertiary/aromatic N) is 5. The normalized spacial score (nSPS) is 15.6. The van der Waals surface area contributed by atoms with Crippen molar-refractivity contribution in [2.24, 2.45) is 0 Å². The fraction of sp³-hybridized carbons (Fsp3) is 0.320. The van der Waals surface area contributed by atoms with Crippen molar-refractivity contribution < 1.29 is 13.2 Å². The topological polar surface area (TPSA) is 90.2 Å². The quantitative estimate of drug-likeness (QED) is 0.412. The molecule has 176 valence electrons. The molecule has 5 rings (SSSR count). The molecule has 1 aliphatic heterocycles. The van der Waals surface area contributed by atoms with Crippen molar-refractivity contribution in [2.45, 2.75) is 37.2 Å². The molecule has 0 N–H and O–H groups in total. The van der Waals surface area contributed by atoms with Crippen LogP contribution in [0.1, 0.15) is 30.0 Å². The van der Waals surface area contributed by atoms with Crippen LogP contribution in [-0.4, -0.2) is 52.4 Å². The van der Waals surface area contributed by atoms with E-state index in [1.165, 1.54) is 35.8 Å². The van der Waals surface area contributed by atoms with Gasteiger partial charge in [0.25, 0.3) is 0 Å². The number of ether oxygens (including phenoxy) is 1. The summed E-state index contributed by atoms with van der Waals surface area (Å²) in [6, 6.07) is 15.3. The van der Waals surface area contributed by atoms with Crippen LogP contribution >= 0.6 is 0 Å². The third kappa shape index (κ3) is 4.80. The summed E-state index contributed by atoms with van der Waals surface area (Å²) in [7, 11) is -3.26. The first-order chi connectivity index (χ1) is 16.4. The first kappa shape index (κ1) is 22.5. The predicted octanol–water partition coefficient (Wildman–Crippen LogP) is 4.17. The van der Waals surface area contributed by atoms with E-state index in [2.05, 4.69) is 51.2 Å². The Morgan fingerprint density at radius 3 is 2.38 bits per heavy atom. The molecule has 1 aliphatic rings. The molecule has 0 radical (unpaired) electrons. The number of fused-ring (bicyclic) bond motifs is 1. The Balaban J connectivity index is 1.28. The average Bonchev–Trinajstić information content (AvgIpc) is 3.26. The third-order valence-electron chi connectivity index (χ3n) is 6.25. The Labute approximate surface area is 199 Å². The highest BCUT2D eigenvalue weighted by Crippen LogP contribution is 2.31. The molecule has 8 nitrogen and oxygen atoms in total. The Kier molecular flexibility index (Phi) is 6.05. The molecule has 2 aromatic heterocycles. The number of aromatic nitrogens is 4. The molecule has 0 bridgehead atoms. The molecule has 0 saturated carbocycles. The number of piperidine rings is 1. The van der Waals surface area contributed by atoms with Crippen LogP contribution in [0.2, 0.25) is 0 Å². The zero-order chi connectivity index (χ0) is 23.7. The van der Waals surface area contributed by atoms with Crippen molar-refractivity contribution in [1.29, 1.82) is 0 Å². The van der Waals surface area contributed by atoms with Gasteiger partial charge < -0.3 is 4.74 Å². The summed E-state index contributed by atoms with van der Waals surface area (Å²) in [5.74, 6) is 0.907. The van der Waals surface area contributed by atoms with E-state index in [1.807, 2.05) is 4.68 Å². The van der Waals surface area contributed by atoms with Crippen LogP contribution in [0.4, 0.5) is 0 Å². The van der Waals surface area contributed by atoms with Gasteiger partial charge in [0.2, 0.25) is 5.88 Å². The number of likely N-dealkylation sites (tertiary alicyclic amines) is 1. The van der Waals surface area contributed by atoms with Crippen LogP contribution in [0.15, 0.2) is 66.0 Å². The second-order valence-corrected chi connectivity index (χ2v) is 10.9. The van der Waals surface area contributed by atoms with Gasteiger partial charge >= 0.3 is 0 Å². The van der Waals surface area contributed by atoms with Gasteiger partial charge in [-0.15, -0.1) is 0 Å². The van der Waals surface area contributed by atoms with Crippen LogP contribution in [-0.2, 0) is 16.4 Å². The number of aryl methyl sites for hydroxylation is 1. The van der Waals surface area contributed by atoms with Gasteiger partial charge in [0.1, 0.15) is 17.5 Å². The highest BCUT2D eigenvalue weighted by atomic mass is 32.2. The number of hydrogen-bond donors (Lipinski definition) is 0. The minimum Gasteiger partial charge on any atom is -0.438 e.